The smallest absolute Gasteiger partial charge is 0.230 e. The molecular formula is C18H22ClNO2. The van der Waals surface area contributed by atoms with Crippen molar-refractivity contribution in [2.45, 2.75) is 51.0 Å². The van der Waals surface area contributed by atoms with Gasteiger partial charge in [-0.3, -0.25) is 4.79 Å². The van der Waals surface area contributed by atoms with Crippen molar-refractivity contribution < 1.29 is 9.90 Å². The van der Waals surface area contributed by atoms with Crippen molar-refractivity contribution in [3.05, 3.63) is 28.8 Å². The van der Waals surface area contributed by atoms with Crippen molar-refractivity contribution in [2.75, 3.05) is 5.32 Å². The lowest BCUT2D eigenvalue weighted by Gasteiger charge is -2.59. The van der Waals surface area contributed by atoms with Gasteiger partial charge in [0.1, 0.15) is 0 Å². The molecule has 2 N–H and O–H groups in total. The van der Waals surface area contributed by atoms with Crippen molar-refractivity contribution in [3.8, 4) is 0 Å². The van der Waals surface area contributed by atoms with Gasteiger partial charge in [0, 0.05) is 10.7 Å². The van der Waals surface area contributed by atoms with Crippen molar-refractivity contribution in [1.29, 1.82) is 0 Å². The largest absolute Gasteiger partial charge is 0.390 e. The normalized spacial score (nSPS) is 39.0. The lowest BCUT2D eigenvalue weighted by molar-refractivity contribution is -0.174. The molecule has 4 aliphatic carbocycles. The highest BCUT2D eigenvalue weighted by atomic mass is 35.5. The summed E-state index contributed by atoms with van der Waals surface area (Å²) in [5.41, 5.74) is 0.773. The minimum atomic E-state index is -0.605. The van der Waals surface area contributed by atoms with E-state index in [0.717, 1.165) is 36.9 Å². The number of halogens is 1. The average molecular weight is 320 g/mol. The zero-order valence-electron chi connectivity index (χ0n) is 12.9. The van der Waals surface area contributed by atoms with Crippen molar-refractivity contribution >= 4 is 23.2 Å². The summed E-state index contributed by atoms with van der Waals surface area (Å²) in [4.78, 5) is 12.9. The Kier molecular flexibility index (Phi) is 3.11. The molecule has 0 aromatic heterocycles. The van der Waals surface area contributed by atoms with Crippen LogP contribution in [0, 0.1) is 24.2 Å². The molecule has 3 nitrogen and oxygen atoms in total. The van der Waals surface area contributed by atoms with E-state index in [9.17, 15) is 9.90 Å². The molecule has 1 aromatic rings. The number of benzene rings is 1. The van der Waals surface area contributed by atoms with Gasteiger partial charge in [0.25, 0.3) is 0 Å². The molecular weight excluding hydrogens is 298 g/mol. The maximum atomic E-state index is 12.9. The lowest BCUT2D eigenvalue weighted by Crippen LogP contribution is -2.59. The summed E-state index contributed by atoms with van der Waals surface area (Å²) in [5, 5.41) is 14.5. The summed E-state index contributed by atoms with van der Waals surface area (Å²) in [7, 11) is 0. The Balaban J connectivity index is 1.58. The van der Waals surface area contributed by atoms with Crippen LogP contribution in [-0.4, -0.2) is 16.6 Å². The Morgan fingerprint density at radius 1 is 1.27 bits per heavy atom. The fraction of sp³-hybridized carbons (Fsp3) is 0.611. The van der Waals surface area contributed by atoms with Crippen molar-refractivity contribution in [1.82, 2.24) is 0 Å². The molecule has 5 rings (SSSR count). The maximum absolute atomic E-state index is 12.9. The fourth-order valence-electron chi connectivity index (χ4n) is 5.41. The minimum Gasteiger partial charge on any atom is -0.390 e. The number of aryl methyl sites for hydroxylation is 1. The molecule has 2 unspecified atom stereocenters. The van der Waals surface area contributed by atoms with E-state index in [-0.39, 0.29) is 11.3 Å². The molecule has 0 heterocycles. The Morgan fingerprint density at radius 2 is 1.95 bits per heavy atom. The van der Waals surface area contributed by atoms with Gasteiger partial charge < -0.3 is 10.4 Å². The lowest BCUT2D eigenvalue weighted by atomic mass is 9.47. The number of anilines is 1. The number of aliphatic hydroxyl groups is 1. The van der Waals surface area contributed by atoms with Crippen LogP contribution in [0.2, 0.25) is 5.02 Å². The number of rotatable bonds is 2. The van der Waals surface area contributed by atoms with Crippen LogP contribution in [-0.2, 0) is 4.79 Å². The molecule has 0 aliphatic heterocycles. The van der Waals surface area contributed by atoms with Crippen LogP contribution in [0.25, 0.3) is 0 Å². The molecule has 1 aromatic carbocycles. The van der Waals surface area contributed by atoms with Crippen molar-refractivity contribution in [3.63, 3.8) is 0 Å². The summed E-state index contributed by atoms with van der Waals surface area (Å²) >= 11 is 6.15. The summed E-state index contributed by atoms with van der Waals surface area (Å²) in [6, 6.07) is 5.63. The van der Waals surface area contributed by atoms with Gasteiger partial charge in [0.15, 0.2) is 0 Å². The Bertz CT molecular complexity index is 628. The van der Waals surface area contributed by atoms with E-state index in [0.29, 0.717) is 23.3 Å². The van der Waals surface area contributed by atoms with Gasteiger partial charge in [-0.15, -0.1) is 0 Å². The third-order valence-corrected chi connectivity index (χ3v) is 6.35. The van der Waals surface area contributed by atoms with E-state index < -0.39 is 5.60 Å². The van der Waals surface area contributed by atoms with Crippen LogP contribution >= 0.6 is 11.6 Å². The van der Waals surface area contributed by atoms with Crippen LogP contribution in [0.15, 0.2) is 18.2 Å². The predicted molar refractivity (Wildman–Crippen MR) is 86.9 cm³/mol. The Morgan fingerprint density at radius 3 is 2.55 bits per heavy atom. The molecule has 0 saturated heterocycles. The minimum absolute atomic E-state index is 0.0694. The van der Waals surface area contributed by atoms with Gasteiger partial charge in [-0.05, 0) is 75.0 Å². The van der Waals surface area contributed by atoms with E-state index in [4.69, 9.17) is 11.6 Å². The number of amides is 1. The number of hydrogen-bond acceptors (Lipinski definition) is 2. The molecule has 4 aliphatic rings. The van der Waals surface area contributed by atoms with Crippen LogP contribution < -0.4 is 5.32 Å². The molecule has 4 heteroatoms. The molecule has 118 valence electrons. The highest BCUT2D eigenvalue weighted by molar-refractivity contribution is 6.31. The topological polar surface area (TPSA) is 49.3 Å². The second-order valence-corrected chi connectivity index (χ2v) is 8.29. The van der Waals surface area contributed by atoms with E-state index in [1.807, 2.05) is 25.1 Å². The average Bonchev–Trinajstić information content (AvgIpc) is 2.40. The Labute approximate surface area is 136 Å². The van der Waals surface area contributed by atoms with Crippen LogP contribution in [0.5, 0.6) is 0 Å². The van der Waals surface area contributed by atoms with E-state index in [1.54, 1.807) is 0 Å². The van der Waals surface area contributed by atoms with Crippen molar-refractivity contribution in [2.24, 2.45) is 17.3 Å². The van der Waals surface area contributed by atoms with E-state index in [1.165, 1.54) is 6.42 Å². The molecule has 4 atom stereocenters. The van der Waals surface area contributed by atoms with Gasteiger partial charge in [0.2, 0.25) is 5.91 Å². The van der Waals surface area contributed by atoms with Gasteiger partial charge in [-0.25, -0.2) is 0 Å². The molecule has 0 spiro atoms. The fourth-order valence-corrected chi connectivity index (χ4v) is 5.59. The van der Waals surface area contributed by atoms with Crippen LogP contribution in [0.3, 0.4) is 0 Å². The van der Waals surface area contributed by atoms with Crippen LogP contribution in [0.4, 0.5) is 5.69 Å². The summed E-state index contributed by atoms with van der Waals surface area (Å²) in [6.45, 7) is 1.95. The summed E-state index contributed by atoms with van der Waals surface area (Å²) < 4.78 is 0. The third-order valence-electron chi connectivity index (χ3n) is 5.94. The van der Waals surface area contributed by atoms with Gasteiger partial charge in [-0.1, -0.05) is 17.7 Å². The zero-order valence-corrected chi connectivity index (χ0v) is 13.6. The number of carbonyl (C=O) groups excluding carboxylic acids is 1. The monoisotopic (exact) mass is 319 g/mol. The standard InChI is InChI=1S/C18H22ClNO2/c1-11-2-3-14(5-15(11)19)20-16(21)17-6-12-4-13(7-17)9-18(22,8-12)10-17/h2-3,5,12-13,22H,4,6-10H2,1H3,(H,20,21)/t12-,13+,17?,18?. The SMILES string of the molecule is Cc1ccc(NC(=O)C23C[C@@H]4C[C@@H](CC(O)(C4)C2)C3)cc1Cl. The highest BCUT2D eigenvalue weighted by Gasteiger charge is 2.60. The molecule has 22 heavy (non-hydrogen) atoms. The first kappa shape index (κ1) is 14.5. The number of carbonyl (C=O) groups is 1. The molecule has 1 amide bonds. The molecule has 0 radical (unpaired) electrons. The Hall–Kier alpha value is -1.06. The molecule has 4 fully saturated rings. The van der Waals surface area contributed by atoms with E-state index in [2.05, 4.69) is 5.32 Å². The maximum Gasteiger partial charge on any atom is 0.230 e. The second-order valence-electron chi connectivity index (χ2n) is 7.88. The summed E-state index contributed by atoms with van der Waals surface area (Å²) in [5.74, 6) is 1.09. The second kappa shape index (κ2) is 4.72. The van der Waals surface area contributed by atoms with Gasteiger partial charge in [0.05, 0.1) is 11.0 Å². The molecule has 4 bridgehead atoms. The quantitative estimate of drug-likeness (QED) is 0.868. The molecule has 4 saturated carbocycles. The predicted octanol–water partition coefficient (Wildman–Crippen LogP) is 3.92. The first-order valence-electron chi connectivity index (χ1n) is 8.18. The first-order valence-corrected chi connectivity index (χ1v) is 8.55. The summed E-state index contributed by atoms with van der Waals surface area (Å²) in [6.07, 6.45) is 5.43. The van der Waals surface area contributed by atoms with Gasteiger partial charge >= 0.3 is 0 Å². The third kappa shape index (κ3) is 2.26. The van der Waals surface area contributed by atoms with Crippen LogP contribution in [0.1, 0.15) is 44.1 Å². The number of hydrogen-bond donors (Lipinski definition) is 2. The number of nitrogens with one attached hydrogen (secondary N) is 1. The highest BCUT2D eigenvalue weighted by Crippen LogP contribution is 2.61. The van der Waals surface area contributed by atoms with Gasteiger partial charge in [-0.2, -0.15) is 0 Å². The first-order chi connectivity index (χ1) is 10.4. The zero-order chi connectivity index (χ0) is 15.5. The van der Waals surface area contributed by atoms with E-state index >= 15 is 0 Å².